The van der Waals surface area contributed by atoms with Gasteiger partial charge >= 0.3 is 0 Å². The number of Topliss-reactive ketones (excluding diaryl/α,β-unsaturated/α-hetero) is 1. The molecule has 1 aromatic carbocycles. The molecule has 3 aromatic rings. The summed E-state index contributed by atoms with van der Waals surface area (Å²) >= 11 is 1.29. The van der Waals surface area contributed by atoms with Crippen LogP contribution < -0.4 is 5.73 Å². The van der Waals surface area contributed by atoms with Gasteiger partial charge in [-0.2, -0.15) is 9.40 Å². The molecular formula is C20H20N4O4S2. The van der Waals surface area contributed by atoms with E-state index in [4.69, 9.17) is 5.73 Å². The maximum atomic E-state index is 12.9. The second-order valence-corrected chi connectivity index (χ2v) is 10.1. The molecule has 3 heterocycles. The largest absolute Gasteiger partial charge is 0.369 e. The summed E-state index contributed by atoms with van der Waals surface area (Å²) in [6, 6.07) is 12.4. The predicted octanol–water partition coefficient (Wildman–Crippen LogP) is 2.16. The van der Waals surface area contributed by atoms with Crippen LogP contribution in [0.15, 0.2) is 47.8 Å². The van der Waals surface area contributed by atoms with Crippen molar-refractivity contribution >= 4 is 33.1 Å². The summed E-state index contributed by atoms with van der Waals surface area (Å²) in [6.07, 6.45) is -0.107. The summed E-state index contributed by atoms with van der Waals surface area (Å²) in [5.74, 6) is -1.90. The number of primary amides is 1. The highest BCUT2D eigenvalue weighted by Crippen LogP contribution is 2.33. The number of hydrogen-bond acceptors (Lipinski definition) is 6. The number of rotatable bonds is 8. The Morgan fingerprint density at radius 2 is 1.93 bits per heavy atom. The topological polar surface area (TPSA) is 126 Å². The van der Waals surface area contributed by atoms with Gasteiger partial charge in [-0.1, -0.05) is 36.4 Å². The Balaban J connectivity index is 1.54. The molecule has 0 bridgehead atoms. The van der Waals surface area contributed by atoms with Crippen LogP contribution in [-0.2, 0) is 33.7 Å². The highest BCUT2D eigenvalue weighted by atomic mass is 32.2. The average molecular weight is 445 g/mol. The number of aromatic amines is 1. The third kappa shape index (κ3) is 4.07. The smallest absolute Gasteiger partial charge is 0.227 e. The molecule has 0 spiro atoms. The maximum Gasteiger partial charge on any atom is 0.227 e. The van der Waals surface area contributed by atoms with Gasteiger partial charge in [0.15, 0.2) is 5.78 Å². The maximum absolute atomic E-state index is 12.9. The first-order valence-electron chi connectivity index (χ1n) is 9.29. The van der Waals surface area contributed by atoms with Gasteiger partial charge in [-0.3, -0.25) is 14.7 Å². The first-order chi connectivity index (χ1) is 14.3. The molecule has 156 valence electrons. The van der Waals surface area contributed by atoms with E-state index in [2.05, 4.69) is 10.2 Å². The average Bonchev–Trinajstić information content (AvgIpc) is 3.43. The van der Waals surface area contributed by atoms with Crippen LogP contribution in [0, 0.1) is 0 Å². The minimum atomic E-state index is -3.57. The summed E-state index contributed by atoms with van der Waals surface area (Å²) in [6.45, 7) is 0.231. The van der Waals surface area contributed by atoms with E-state index in [1.807, 2.05) is 6.07 Å². The van der Waals surface area contributed by atoms with Gasteiger partial charge in [-0.15, -0.1) is 11.3 Å². The molecule has 1 aliphatic heterocycles. The molecule has 8 nitrogen and oxygen atoms in total. The molecule has 1 unspecified atom stereocenters. The number of benzene rings is 1. The number of hydrogen-bond donors (Lipinski definition) is 2. The van der Waals surface area contributed by atoms with E-state index in [0.717, 1.165) is 0 Å². The molecule has 1 amide bonds. The fourth-order valence-electron chi connectivity index (χ4n) is 3.55. The zero-order valence-corrected chi connectivity index (χ0v) is 17.6. The molecule has 0 saturated heterocycles. The van der Waals surface area contributed by atoms with E-state index in [0.29, 0.717) is 27.4 Å². The van der Waals surface area contributed by atoms with Crippen LogP contribution in [0.3, 0.4) is 0 Å². The first-order valence-corrected chi connectivity index (χ1v) is 11.8. The van der Waals surface area contributed by atoms with Crippen molar-refractivity contribution in [2.24, 2.45) is 5.73 Å². The van der Waals surface area contributed by atoms with E-state index in [-0.39, 0.29) is 31.0 Å². The molecule has 10 heteroatoms. The number of nitrogens with two attached hydrogens (primary N) is 1. The second-order valence-electron chi connectivity index (χ2n) is 7.14. The number of nitrogens with one attached hydrogen (secondary N) is 1. The fourth-order valence-corrected chi connectivity index (χ4v) is 5.67. The van der Waals surface area contributed by atoms with Crippen LogP contribution in [0.5, 0.6) is 0 Å². The summed E-state index contributed by atoms with van der Waals surface area (Å²) in [5, 5.41) is 8.81. The van der Waals surface area contributed by atoms with Crippen molar-refractivity contribution in [2.75, 3.05) is 0 Å². The Kier molecular flexibility index (Phi) is 5.54. The van der Waals surface area contributed by atoms with Gasteiger partial charge in [0.2, 0.25) is 15.9 Å². The van der Waals surface area contributed by atoms with Gasteiger partial charge < -0.3 is 5.73 Å². The quantitative estimate of drug-likeness (QED) is 0.515. The molecule has 30 heavy (non-hydrogen) atoms. The number of aromatic nitrogens is 2. The van der Waals surface area contributed by atoms with E-state index < -0.39 is 21.8 Å². The van der Waals surface area contributed by atoms with Crippen molar-refractivity contribution < 1.29 is 18.0 Å². The third-order valence-electron chi connectivity index (χ3n) is 5.10. The van der Waals surface area contributed by atoms with Crippen molar-refractivity contribution in [2.45, 2.75) is 31.2 Å². The summed E-state index contributed by atoms with van der Waals surface area (Å²) in [7, 11) is -3.57. The van der Waals surface area contributed by atoms with E-state index in [1.165, 1.54) is 15.6 Å². The minimum absolute atomic E-state index is 0.0906. The Labute approximate surface area is 177 Å². The number of carbonyl (C=O) groups excluding carboxylic acids is 2. The van der Waals surface area contributed by atoms with Crippen molar-refractivity contribution in [1.29, 1.82) is 0 Å². The molecule has 2 aromatic heterocycles. The normalized spacial score (nSPS) is 15.1. The number of ketones is 1. The molecule has 3 N–H and O–H groups in total. The Bertz CT molecular complexity index is 1170. The summed E-state index contributed by atoms with van der Waals surface area (Å²) < 4.78 is 27.1. The van der Waals surface area contributed by atoms with E-state index >= 15 is 0 Å². The van der Waals surface area contributed by atoms with Gasteiger partial charge in [0.25, 0.3) is 0 Å². The van der Waals surface area contributed by atoms with Crippen LogP contribution in [-0.4, -0.2) is 34.6 Å². The Morgan fingerprint density at radius 3 is 2.60 bits per heavy atom. The van der Waals surface area contributed by atoms with Crippen molar-refractivity contribution in [1.82, 2.24) is 14.5 Å². The number of nitrogens with zero attached hydrogens (tertiary/aromatic N) is 2. The van der Waals surface area contributed by atoms with E-state index in [9.17, 15) is 18.0 Å². The number of sulfonamides is 1. The lowest BCUT2D eigenvalue weighted by Crippen LogP contribution is -2.28. The molecule has 0 fully saturated rings. The molecule has 1 aliphatic rings. The zero-order chi connectivity index (χ0) is 21.3. The van der Waals surface area contributed by atoms with E-state index in [1.54, 1.807) is 41.8 Å². The third-order valence-corrected chi connectivity index (χ3v) is 7.75. The monoisotopic (exact) mass is 444 g/mol. The lowest BCUT2D eigenvalue weighted by Gasteiger charge is -2.17. The minimum Gasteiger partial charge on any atom is -0.369 e. The summed E-state index contributed by atoms with van der Waals surface area (Å²) in [4.78, 5) is 25.2. The highest BCUT2D eigenvalue weighted by Gasteiger charge is 2.36. The number of H-pyrrole nitrogens is 1. The van der Waals surface area contributed by atoms with Gasteiger partial charge in [0.05, 0.1) is 34.5 Å². The fraction of sp³-hybridized carbons (Fsp3) is 0.250. The SMILES string of the molecule is NC(=O)C(CC(=O)c1cccs1)c1n[nH]c2c1CN(S(=O)(=O)Cc1ccccc1)C2. The predicted molar refractivity (Wildman–Crippen MR) is 112 cm³/mol. The number of fused-ring (bicyclic) bond motifs is 1. The number of carbonyl (C=O) groups is 2. The van der Waals surface area contributed by atoms with Crippen molar-refractivity contribution in [3.8, 4) is 0 Å². The van der Waals surface area contributed by atoms with Crippen LogP contribution in [0.2, 0.25) is 0 Å². The lowest BCUT2D eigenvalue weighted by atomic mass is 9.94. The molecule has 4 rings (SSSR count). The van der Waals surface area contributed by atoms with Crippen molar-refractivity contribution in [3.63, 3.8) is 0 Å². The number of thiophene rings is 1. The molecule has 0 radical (unpaired) electrons. The Hall–Kier alpha value is -2.82. The zero-order valence-electron chi connectivity index (χ0n) is 15.9. The van der Waals surface area contributed by atoms with Crippen molar-refractivity contribution in [3.05, 3.63) is 75.2 Å². The van der Waals surface area contributed by atoms with Crippen LogP contribution in [0.4, 0.5) is 0 Å². The second kappa shape index (κ2) is 8.13. The Morgan fingerprint density at radius 1 is 1.17 bits per heavy atom. The molecule has 0 saturated carbocycles. The lowest BCUT2D eigenvalue weighted by molar-refractivity contribution is -0.119. The molecular weight excluding hydrogens is 424 g/mol. The van der Waals surface area contributed by atoms with Crippen LogP contribution in [0.25, 0.3) is 0 Å². The van der Waals surface area contributed by atoms with Crippen LogP contribution in [0.1, 0.15) is 44.5 Å². The standard InChI is InChI=1S/C20H20N4O4S2/c21-20(26)14(9-17(25)18-7-4-8-29-18)19-15-10-24(11-16(15)22-23-19)30(27,28)12-13-5-2-1-3-6-13/h1-8,14H,9-12H2,(H2,21,26)(H,22,23). The van der Waals surface area contributed by atoms with Gasteiger partial charge in [-0.05, 0) is 17.0 Å². The number of amides is 1. The molecule has 0 aliphatic carbocycles. The van der Waals surface area contributed by atoms with Gasteiger partial charge in [0.1, 0.15) is 0 Å². The molecule has 1 atom stereocenters. The first kappa shape index (κ1) is 20.5. The van der Waals surface area contributed by atoms with Gasteiger partial charge in [0, 0.05) is 18.5 Å². The van der Waals surface area contributed by atoms with Crippen LogP contribution >= 0.6 is 11.3 Å². The summed E-state index contributed by atoms with van der Waals surface area (Å²) in [5.41, 5.74) is 7.86. The van der Waals surface area contributed by atoms with Gasteiger partial charge in [-0.25, -0.2) is 8.42 Å². The highest BCUT2D eigenvalue weighted by molar-refractivity contribution is 7.88.